The lowest BCUT2D eigenvalue weighted by Gasteiger charge is -2.35. The number of likely N-dealkylation sites (tertiary alicyclic amines) is 1. The maximum absolute atomic E-state index is 11.4. The SMILES string of the molecule is COCCCNC(=O)CN1CC(N=[N+]=[N-])C1. The molecule has 1 amide bonds. The molecular weight excluding hydrogens is 210 g/mol. The zero-order valence-corrected chi connectivity index (χ0v) is 9.43. The highest BCUT2D eigenvalue weighted by Crippen LogP contribution is 2.10. The van der Waals surface area contributed by atoms with Crippen LogP contribution in [-0.4, -0.2) is 56.7 Å². The van der Waals surface area contributed by atoms with Crippen LogP contribution in [0.5, 0.6) is 0 Å². The van der Waals surface area contributed by atoms with E-state index < -0.39 is 0 Å². The fourth-order valence-corrected chi connectivity index (χ4v) is 1.52. The molecule has 0 unspecified atom stereocenters. The number of carbonyl (C=O) groups is 1. The monoisotopic (exact) mass is 227 g/mol. The molecule has 0 saturated carbocycles. The van der Waals surface area contributed by atoms with E-state index in [4.69, 9.17) is 10.3 Å². The molecule has 0 bridgehead atoms. The minimum atomic E-state index is 0.00971. The summed E-state index contributed by atoms with van der Waals surface area (Å²) in [6.07, 6.45) is 0.823. The highest BCUT2D eigenvalue weighted by molar-refractivity contribution is 5.78. The van der Waals surface area contributed by atoms with Gasteiger partial charge >= 0.3 is 0 Å². The summed E-state index contributed by atoms with van der Waals surface area (Å²) in [5.41, 5.74) is 8.19. The number of rotatable bonds is 7. The van der Waals surface area contributed by atoms with E-state index in [1.165, 1.54) is 0 Å². The first-order valence-corrected chi connectivity index (χ1v) is 5.28. The maximum atomic E-state index is 11.4. The molecule has 0 radical (unpaired) electrons. The molecule has 0 aromatic carbocycles. The van der Waals surface area contributed by atoms with Crippen molar-refractivity contribution in [2.24, 2.45) is 5.11 Å². The van der Waals surface area contributed by atoms with E-state index >= 15 is 0 Å². The Hall–Kier alpha value is -1.30. The molecule has 16 heavy (non-hydrogen) atoms. The number of ether oxygens (including phenoxy) is 1. The van der Waals surface area contributed by atoms with Crippen molar-refractivity contribution < 1.29 is 9.53 Å². The summed E-state index contributed by atoms with van der Waals surface area (Å²) in [7, 11) is 1.64. The van der Waals surface area contributed by atoms with Crippen molar-refractivity contribution in [2.45, 2.75) is 12.5 Å². The lowest BCUT2D eigenvalue weighted by atomic mass is 10.1. The van der Waals surface area contributed by atoms with Crippen molar-refractivity contribution in [3.63, 3.8) is 0 Å². The van der Waals surface area contributed by atoms with Gasteiger partial charge in [0.2, 0.25) is 5.91 Å². The Bertz CT molecular complexity index is 271. The Balaban J connectivity index is 2.01. The van der Waals surface area contributed by atoms with Gasteiger partial charge in [0.05, 0.1) is 12.6 Å². The number of methoxy groups -OCH3 is 1. The van der Waals surface area contributed by atoms with E-state index in [1.54, 1.807) is 7.11 Å². The Morgan fingerprint density at radius 2 is 2.44 bits per heavy atom. The van der Waals surface area contributed by atoms with E-state index in [9.17, 15) is 4.79 Å². The quantitative estimate of drug-likeness (QED) is 0.290. The van der Waals surface area contributed by atoms with Crippen LogP contribution >= 0.6 is 0 Å². The molecular formula is C9H17N5O2. The van der Waals surface area contributed by atoms with Gasteiger partial charge in [0, 0.05) is 38.3 Å². The van der Waals surface area contributed by atoms with E-state index in [1.807, 2.05) is 4.90 Å². The summed E-state index contributed by atoms with van der Waals surface area (Å²) in [5.74, 6) is 0.00971. The van der Waals surface area contributed by atoms with E-state index in [0.717, 1.165) is 6.42 Å². The summed E-state index contributed by atoms with van der Waals surface area (Å²) in [4.78, 5) is 16.1. The number of hydrogen-bond donors (Lipinski definition) is 1. The Morgan fingerprint density at radius 1 is 1.69 bits per heavy atom. The number of carbonyl (C=O) groups excluding carboxylic acids is 1. The number of hydrogen-bond acceptors (Lipinski definition) is 4. The fraction of sp³-hybridized carbons (Fsp3) is 0.889. The topological polar surface area (TPSA) is 90.3 Å². The van der Waals surface area contributed by atoms with Gasteiger partial charge in [-0.05, 0) is 12.0 Å². The first-order chi connectivity index (χ1) is 7.76. The third-order valence-electron chi connectivity index (χ3n) is 2.37. The van der Waals surface area contributed by atoms with Crippen LogP contribution in [0.25, 0.3) is 10.4 Å². The molecule has 7 nitrogen and oxygen atoms in total. The summed E-state index contributed by atoms with van der Waals surface area (Å²) >= 11 is 0. The third-order valence-corrected chi connectivity index (χ3v) is 2.37. The van der Waals surface area contributed by atoms with Crippen LogP contribution in [-0.2, 0) is 9.53 Å². The van der Waals surface area contributed by atoms with E-state index in [0.29, 0.717) is 32.8 Å². The van der Waals surface area contributed by atoms with Crippen LogP contribution in [0.4, 0.5) is 0 Å². The lowest BCUT2D eigenvalue weighted by molar-refractivity contribution is -0.123. The zero-order chi connectivity index (χ0) is 11.8. The number of nitrogens with zero attached hydrogens (tertiary/aromatic N) is 4. The molecule has 0 aromatic heterocycles. The molecule has 1 aliphatic heterocycles. The van der Waals surface area contributed by atoms with Gasteiger partial charge in [0.25, 0.3) is 0 Å². The van der Waals surface area contributed by atoms with E-state index in [2.05, 4.69) is 15.3 Å². The van der Waals surface area contributed by atoms with Gasteiger partial charge in [0.1, 0.15) is 0 Å². The maximum Gasteiger partial charge on any atom is 0.234 e. The van der Waals surface area contributed by atoms with Gasteiger partial charge in [-0.2, -0.15) is 0 Å². The van der Waals surface area contributed by atoms with Crippen molar-refractivity contribution in [1.82, 2.24) is 10.2 Å². The first kappa shape index (κ1) is 12.8. The van der Waals surface area contributed by atoms with Gasteiger partial charge in [-0.15, -0.1) is 0 Å². The van der Waals surface area contributed by atoms with Crippen LogP contribution in [0.2, 0.25) is 0 Å². The van der Waals surface area contributed by atoms with Crippen molar-refractivity contribution in [3.8, 4) is 0 Å². The fourth-order valence-electron chi connectivity index (χ4n) is 1.52. The van der Waals surface area contributed by atoms with E-state index in [-0.39, 0.29) is 11.9 Å². The second kappa shape index (κ2) is 7.05. The second-order valence-electron chi connectivity index (χ2n) is 3.75. The Morgan fingerprint density at radius 3 is 3.06 bits per heavy atom. The molecule has 7 heteroatoms. The minimum Gasteiger partial charge on any atom is -0.385 e. The van der Waals surface area contributed by atoms with Crippen molar-refractivity contribution in [2.75, 3.05) is 39.9 Å². The summed E-state index contributed by atoms with van der Waals surface area (Å²) < 4.78 is 4.87. The van der Waals surface area contributed by atoms with Crippen LogP contribution in [0.1, 0.15) is 6.42 Å². The predicted octanol–water partition coefficient (Wildman–Crippen LogP) is 0.134. The first-order valence-electron chi connectivity index (χ1n) is 5.28. The van der Waals surface area contributed by atoms with Crippen LogP contribution in [0.3, 0.4) is 0 Å². The van der Waals surface area contributed by atoms with Gasteiger partial charge in [0.15, 0.2) is 0 Å². The van der Waals surface area contributed by atoms with Gasteiger partial charge in [-0.25, -0.2) is 0 Å². The molecule has 0 spiro atoms. The highest BCUT2D eigenvalue weighted by Gasteiger charge is 2.26. The molecule has 0 atom stereocenters. The zero-order valence-electron chi connectivity index (χ0n) is 9.43. The lowest BCUT2D eigenvalue weighted by Crippen LogP contribution is -2.53. The van der Waals surface area contributed by atoms with Gasteiger partial charge in [-0.3, -0.25) is 9.69 Å². The third kappa shape index (κ3) is 4.48. The minimum absolute atomic E-state index is 0.00971. The number of amides is 1. The average molecular weight is 227 g/mol. The molecule has 1 fully saturated rings. The second-order valence-corrected chi connectivity index (χ2v) is 3.75. The summed E-state index contributed by atoms with van der Waals surface area (Å²) in [6.45, 7) is 3.03. The van der Waals surface area contributed by atoms with Crippen LogP contribution in [0, 0.1) is 0 Å². The van der Waals surface area contributed by atoms with Gasteiger partial charge in [-0.1, -0.05) is 5.11 Å². The normalized spacial score (nSPS) is 16.3. The summed E-state index contributed by atoms with van der Waals surface area (Å²) in [5, 5.41) is 6.36. The van der Waals surface area contributed by atoms with Gasteiger partial charge < -0.3 is 10.1 Å². The number of azide groups is 1. The molecule has 1 rings (SSSR count). The molecule has 1 heterocycles. The molecule has 1 aliphatic rings. The molecule has 0 aromatic rings. The standard InChI is InChI=1S/C9H17N5O2/c1-16-4-2-3-11-9(15)7-14-5-8(6-14)12-13-10/h8H,2-7H2,1H3,(H,11,15). The van der Waals surface area contributed by atoms with Crippen LogP contribution in [0.15, 0.2) is 5.11 Å². The van der Waals surface area contributed by atoms with Crippen molar-refractivity contribution in [3.05, 3.63) is 10.4 Å². The Kier molecular flexibility index (Phi) is 5.63. The average Bonchev–Trinajstić information content (AvgIpc) is 2.21. The molecule has 0 aliphatic carbocycles. The molecule has 90 valence electrons. The Labute approximate surface area is 94.4 Å². The number of nitrogens with one attached hydrogen (secondary N) is 1. The van der Waals surface area contributed by atoms with Crippen LogP contribution < -0.4 is 5.32 Å². The smallest absolute Gasteiger partial charge is 0.234 e. The molecule has 1 N–H and O–H groups in total. The largest absolute Gasteiger partial charge is 0.385 e. The summed E-state index contributed by atoms with van der Waals surface area (Å²) in [6, 6.07) is 0.0336. The van der Waals surface area contributed by atoms with Crippen molar-refractivity contribution >= 4 is 5.91 Å². The predicted molar refractivity (Wildman–Crippen MR) is 58.9 cm³/mol. The van der Waals surface area contributed by atoms with Crippen molar-refractivity contribution in [1.29, 1.82) is 0 Å². The molecule has 1 saturated heterocycles. The highest BCUT2D eigenvalue weighted by atomic mass is 16.5.